The van der Waals surface area contributed by atoms with E-state index in [1.165, 1.54) is 37.6 Å². The quantitative estimate of drug-likeness (QED) is 0.696. The molecule has 12 heavy (non-hydrogen) atoms. The Hall–Kier alpha value is 0.270. The number of rotatable bonds is 3. The summed E-state index contributed by atoms with van der Waals surface area (Å²) in [5, 5.41) is 6.09. The fourth-order valence-corrected chi connectivity index (χ4v) is 1.64. The van der Waals surface area contributed by atoms with Crippen LogP contribution in [0.1, 0.15) is 32.6 Å². The summed E-state index contributed by atoms with van der Waals surface area (Å²) in [6, 6.07) is 0. The SMILES string of the molecule is CC(CC1CCC1)SN.COC. The van der Waals surface area contributed by atoms with E-state index in [4.69, 9.17) is 5.14 Å². The van der Waals surface area contributed by atoms with E-state index in [9.17, 15) is 0 Å². The van der Waals surface area contributed by atoms with Crippen molar-refractivity contribution >= 4 is 11.9 Å². The van der Waals surface area contributed by atoms with E-state index in [0.717, 1.165) is 5.92 Å². The van der Waals surface area contributed by atoms with Gasteiger partial charge in [0.2, 0.25) is 0 Å². The average molecular weight is 191 g/mol. The normalized spacial score (nSPS) is 19.0. The van der Waals surface area contributed by atoms with Gasteiger partial charge in [0, 0.05) is 19.5 Å². The number of nitrogens with two attached hydrogens (primary N) is 1. The monoisotopic (exact) mass is 191 g/mol. The second-order valence-electron chi connectivity index (χ2n) is 3.39. The van der Waals surface area contributed by atoms with Gasteiger partial charge in [0.25, 0.3) is 0 Å². The topological polar surface area (TPSA) is 35.2 Å². The maximum atomic E-state index is 5.42. The van der Waals surface area contributed by atoms with Gasteiger partial charge in [-0.3, -0.25) is 5.14 Å². The first-order chi connectivity index (χ1) is 5.74. The lowest BCUT2D eigenvalue weighted by Crippen LogP contribution is -2.16. The average Bonchev–Trinajstić information content (AvgIpc) is 1.98. The van der Waals surface area contributed by atoms with Crippen molar-refractivity contribution in [3.05, 3.63) is 0 Å². The summed E-state index contributed by atoms with van der Waals surface area (Å²) in [7, 11) is 3.25. The molecule has 1 fully saturated rings. The van der Waals surface area contributed by atoms with Crippen molar-refractivity contribution in [1.82, 2.24) is 0 Å². The highest BCUT2D eigenvalue weighted by Crippen LogP contribution is 2.32. The van der Waals surface area contributed by atoms with Crippen molar-refractivity contribution in [1.29, 1.82) is 0 Å². The van der Waals surface area contributed by atoms with Crippen LogP contribution in [0.15, 0.2) is 0 Å². The van der Waals surface area contributed by atoms with Crippen molar-refractivity contribution in [3.63, 3.8) is 0 Å². The Morgan fingerprint density at radius 1 is 1.50 bits per heavy atom. The first kappa shape index (κ1) is 12.3. The van der Waals surface area contributed by atoms with Crippen LogP contribution < -0.4 is 5.14 Å². The standard InChI is InChI=1S/C7H15NS.C2H6O/c1-6(9-8)5-7-3-2-4-7;1-3-2/h6-7H,2-5,8H2,1H3;1-2H3. The lowest BCUT2D eigenvalue weighted by atomic mass is 9.82. The molecule has 1 atom stereocenters. The van der Waals surface area contributed by atoms with Crippen LogP contribution in [-0.4, -0.2) is 19.5 Å². The zero-order valence-corrected chi connectivity index (χ0v) is 9.19. The maximum absolute atomic E-state index is 5.42. The third-order valence-corrected chi connectivity index (χ3v) is 2.78. The molecule has 0 bridgehead atoms. The summed E-state index contributed by atoms with van der Waals surface area (Å²) in [6.07, 6.45) is 5.68. The molecule has 1 aliphatic carbocycles. The Labute approximate surface area is 80.4 Å². The van der Waals surface area contributed by atoms with Gasteiger partial charge in [0.1, 0.15) is 0 Å². The highest BCUT2D eigenvalue weighted by atomic mass is 32.2. The van der Waals surface area contributed by atoms with Gasteiger partial charge >= 0.3 is 0 Å². The Kier molecular flexibility index (Phi) is 8.07. The minimum absolute atomic E-state index is 0.676. The molecule has 0 radical (unpaired) electrons. The lowest BCUT2D eigenvalue weighted by Gasteiger charge is -2.27. The molecule has 2 N–H and O–H groups in total. The largest absolute Gasteiger partial charge is 0.388 e. The summed E-state index contributed by atoms with van der Waals surface area (Å²) in [5.74, 6) is 1.01. The van der Waals surface area contributed by atoms with E-state index in [0.29, 0.717) is 5.25 Å². The van der Waals surface area contributed by atoms with Gasteiger partial charge in [-0.05, 0) is 12.3 Å². The fraction of sp³-hybridized carbons (Fsp3) is 1.00. The summed E-state index contributed by atoms with van der Waals surface area (Å²) in [6.45, 7) is 2.21. The predicted octanol–water partition coefficient (Wildman–Crippen LogP) is 2.43. The first-order valence-corrected chi connectivity index (χ1v) is 5.44. The van der Waals surface area contributed by atoms with E-state index < -0.39 is 0 Å². The van der Waals surface area contributed by atoms with Crippen molar-refractivity contribution in [3.8, 4) is 0 Å². The lowest BCUT2D eigenvalue weighted by molar-refractivity contribution is 0.277. The van der Waals surface area contributed by atoms with Gasteiger partial charge < -0.3 is 4.74 Å². The summed E-state index contributed by atoms with van der Waals surface area (Å²) < 4.78 is 4.25. The molecule has 3 heteroatoms. The number of ether oxygens (including phenoxy) is 1. The smallest absolute Gasteiger partial charge is 0.0351 e. The molecule has 0 aromatic rings. The van der Waals surface area contributed by atoms with Crippen molar-refractivity contribution in [2.24, 2.45) is 11.1 Å². The van der Waals surface area contributed by atoms with Crippen LogP contribution in [0.25, 0.3) is 0 Å². The zero-order chi connectivity index (χ0) is 9.40. The van der Waals surface area contributed by atoms with Crippen LogP contribution in [0, 0.1) is 5.92 Å². The molecular weight excluding hydrogens is 170 g/mol. The molecular formula is C9H21NOS. The Morgan fingerprint density at radius 3 is 2.25 bits per heavy atom. The van der Waals surface area contributed by atoms with Gasteiger partial charge in [-0.2, -0.15) is 0 Å². The maximum Gasteiger partial charge on any atom is 0.0351 e. The molecule has 1 saturated carbocycles. The molecule has 1 aliphatic rings. The van der Waals surface area contributed by atoms with Crippen LogP contribution in [0.3, 0.4) is 0 Å². The Bertz CT molecular complexity index is 93.8. The number of hydrogen-bond donors (Lipinski definition) is 1. The van der Waals surface area contributed by atoms with Crippen LogP contribution in [0.2, 0.25) is 0 Å². The van der Waals surface area contributed by atoms with E-state index >= 15 is 0 Å². The molecule has 1 rings (SSSR count). The Morgan fingerprint density at radius 2 is 2.00 bits per heavy atom. The van der Waals surface area contributed by atoms with E-state index in [1.54, 1.807) is 14.2 Å². The first-order valence-electron chi connectivity index (χ1n) is 4.50. The minimum atomic E-state index is 0.676. The third kappa shape index (κ3) is 5.86. The molecule has 1 unspecified atom stereocenters. The summed E-state index contributed by atoms with van der Waals surface area (Å²) >= 11 is 1.50. The molecule has 0 aromatic carbocycles. The second-order valence-corrected chi connectivity index (χ2v) is 4.46. The van der Waals surface area contributed by atoms with Crippen molar-refractivity contribution < 1.29 is 4.74 Å². The van der Waals surface area contributed by atoms with Crippen LogP contribution >= 0.6 is 11.9 Å². The third-order valence-electron chi connectivity index (χ3n) is 2.12. The van der Waals surface area contributed by atoms with Crippen molar-refractivity contribution in [2.45, 2.75) is 37.9 Å². The van der Waals surface area contributed by atoms with Crippen LogP contribution in [-0.2, 0) is 4.74 Å². The minimum Gasteiger partial charge on any atom is -0.388 e. The Balaban J connectivity index is 0.000000354. The van der Waals surface area contributed by atoms with Crippen LogP contribution in [0.5, 0.6) is 0 Å². The van der Waals surface area contributed by atoms with Gasteiger partial charge in [-0.25, -0.2) is 0 Å². The van der Waals surface area contributed by atoms with Crippen LogP contribution in [0.4, 0.5) is 0 Å². The van der Waals surface area contributed by atoms with E-state index in [1.807, 2.05) is 0 Å². The summed E-state index contributed by atoms with van der Waals surface area (Å²) in [4.78, 5) is 0. The van der Waals surface area contributed by atoms with Gasteiger partial charge in [0.15, 0.2) is 0 Å². The summed E-state index contributed by atoms with van der Waals surface area (Å²) in [5.41, 5.74) is 0. The van der Waals surface area contributed by atoms with E-state index in [-0.39, 0.29) is 0 Å². The highest BCUT2D eigenvalue weighted by molar-refractivity contribution is 7.97. The second kappa shape index (κ2) is 7.90. The molecule has 0 heterocycles. The predicted molar refractivity (Wildman–Crippen MR) is 56.1 cm³/mol. The van der Waals surface area contributed by atoms with Crippen molar-refractivity contribution in [2.75, 3.05) is 14.2 Å². The van der Waals surface area contributed by atoms with Gasteiger partial charge in [-0.1, -0.05) is 38.1 Å². The van der Waals surface area contributed by atoms with E-state index in [2.05, 4.69) is 11.7 Å². The molecule has 74 valence electrons. The molecule has 0 amide bonds. The zero-order valence-electron chi connectivity index (χ0n) is 8.38. The molecule has 2 nitrogen and oxygen atoms in total. The molecule has 0 spiro atoms. The number of methoxy groups -OCH3 is 1. The molecule has 0 aliphatic heterocycles. The van der Waals surface area contributed by atoms with Gasteiger partial charge in [-0.15, -0.1) is 0 Å². The molecule has 0 aromatic heterocycles. The number of hydrogen-bond acceptors (Lipinski definition) is 3. The van der Waals surface area contributed by atoms with Gasteiger partial charge in [0.05, 0.1) is 0 Å². The highest BCUT2D eigenvalue weighted by Gasteiger charge is 2.19. The molecule has 0 saturated heterocycles. The fourth-order valence-electron chi connectivity index (χ4n) is 1.25.